The highest BCUT2D eigenvalue weighted by Gasteiger charge is 2.32. The van der Waals surface area contributed by atoms with Gasteiger partial charge < -0.3 is 16.4 Å². The Bertz CT molecular complexity index is 1100. The van der Waals surface area contributed by atoms with Crippen LogP contribution < -0.4 is 11.5 Å². The summed E-state index contributed by atoms with van der Waals surface area (Å²) in [6.45, 7) is 1.17. The van der Waals surface area contributed by atoms with Gasteiger partial charge in [0.15, 0.2) is 0 Å². The van der Waals surface area contributed by atoms with Crippen LogP contribution >= 0.6 is 0 Å². The molecule has 1 aliphatic rings. The third-order valence-corrected chi connectivity index (χ3v) is 5.07. The van der Waals surface area contributed by atoms with Crippen molar-refractivity contribution in [3.63, 3.8) is 0 Å². The van der Waals surface area contributed by atoms with Crippen molar-refractivity contribution in [3.8, 4) is 22.5 Å². The van der Waals surface area contributed by atoms with Gasteiger partial charge >= 0.3 is 6.18 Å². The number of rotatable bonds is 3. The van der Waals surface area contributed by atoms with Crippen LogP contribution in [0, 0.1) is 0 Å². The summed E-state index contributed by atoms with van der Waals surface area (Å²) in [5.41, 5.74) is 13.0. The van der Waals surface area contributed by atoms with Crippen LogP contribution in [0.15, 0.2) is 48.8 Å². The van der Waals surface area contributed by atoms with E-state index in [4.69, 9.17) is 11.5 Å². The predicted octanol–water partition coefficient (Wildman–Crippen LogP) is 2.98. The molecule has 4 rings (SSSR count). The summed E-state index contributed by atoms with van der Waals surface area (Å²) < 4.78 is 38.2. The SMILES string of the molecule is Nc1ncc(-c2ccc(C(=O)N3CCC(N)C3)cc2)nc1-c1ccc(C(F)(F)F)nc1. The maximum absolute atomic E-state index is 12.7. The second-order valence-electron chi connectivity index (χ2n) is 7.30. The number of pyridine rings is 1. The molecule has 0 bridgehead atoms. The van der Waals surface area contributed by atoms with Crippen LogP contribution in [0.5, 0.6) is 0 Å². The molecule has 2 aromatic heterocycles. The highest BCUT2D eigenvalue weighted by Crippen LogP contribution is 2.30. The van der Waals surface area contributed by atoms with Crippen LogP contribution in [0.2, 0.25) is 0 Å². The van der Waals surface area contributed by atoms with Gasteiger partial charge in [-0.2, -0.15) is 13.2 Å². The summed E-state index contributed by atoms with van der Waals surface area (Å²) in [7, 11) is 0. The quantitative estimate of drug-likeness (QED) is 0.664. The maximum atomic E-state index is 12.7. The molecular formula is C21H19F3N6O. The lowest BCUT2D eigenvalue weighted by Gasteiger charge is -2.16. The monoisotopic (exact) mass is 428 g/mol. The molecule has 1 aromatic carbocycles. The number of nitrogens with two attached hydrogens (primary N) is 2. The van der Waals surface area contributed by atoms with Gasteiger partial charge in [0.25, 0.3) is 5.91 Å². The molecule has 4 N–H and O–H groups in total. The molecule has 0 aliphatic carbocycles. The normalized spacial score (nSPS) is 16.5. The van der Waals surface area contributed by atoms with E-state index in [9.17, 15) is 18.0 Å². The van der Waals surface area contributed by atoms with Crippen LogP contribution in [0.1, 0.15) is 22.5 Å². The lowest BCUT2D eigenvalue weighted by atomic mass is 10.1. The second kappa shape index (κ2) is 7.95. The molecule has 3 heterocycles. The van der Waals surface area contributed by atoms with E-state index >= 15 is 0 Å². The molecule has 0 radical (unpaired) electrons. The van der Waals surface area contributed by atoms with Gasteiger partial charge in [-0.25, -0.2) is 9.97 Å². The largest absolute Gasteiger partial charge is 0.433 e. The fraction of sp³-hybridized carbons (Fsp3) is 0.238. The summed E-state index contributed by atoms with van der Waals surface area (Å²) in [4.78, 5) is 26.3. The number of likely N-dealkylation sites (tertiary alicyclic amines) is 1. The van der Waals surface area contributed by atoms with Gasteiger partial charge in [-0.3, -0.25) is 9.78 Å². The number of hydrogen-bond acceptors (Lipinski definition) is 6. The number of amides is 1. The van der Waals surface area contributed by atoms with Gasteiger partial charge in [-0.05, 0) is 30.7 Å². The Morgan fingerprint density at radius 2 is 1.74 bits per heavy atom. The van der Waals surface area contributed by atoms with Crippen LogP contribution in [0.4, 0.5) is 19.0 Å². The van der Waals surface area contributed by atoms with Crippen molar-refractivity contribution in [2.75, 3.05) is 18.8 Å². The molecular weight excluding hydrogens is 409 g/mol. The molecule has 1 unspecified atom stereocenters. The van der Waals surface area contributed by atoms with Crippen molar-refractivity contribution in [1.82, 2.24) is 19.9 Å². The number of carbonyl (C=O) groups excluding carboxylic acids is 1. The van der Waals surface area contributed by atoms with Crippen LogP contribution in [-0.4, -0.2) is 44.9 Å². The lowest BCUT2D eigenvalue weighted by molar-refractivity contribution is -0.141. The standard InChI is InChI=1S/C21H19F3N6O/c22-21(23,24)17-6-5-14(9-27-17)18-19(26)28-10-16(29-18)12-1-3-13(4-2-12)20(31)30-8-7-15(25)11-30/h1-6,9-10,15H,7-8,11,25H2,(H2,26,28). The van der Waals surface area contributed by atoms with E-state index in [0.29, 0.717) is 35.5 Å². The average molecular weight is 428 g/mol. The number of benzene rings is 1. The molecule has 10 heteroatoms. The van der Waals surface area contributed by atoms with Crippen LogP contribution in [0.25, 0.3) is 22.5 Å². The summed E-state index contributed by atoms with van der Waals surface area (Å²) in [5.74, 6) is -0.0121. The van der Waals surface area contributed by atoms with E-state index < -0.39 is 11.9 Å². The average Bonchev–Trinajstić information content (AvgIpc) is 3.19. The maximum Gasteiger partial charge on any atom is 0.433 e. The van der Waals surface area contributed by atoms with Crippen molar-refractivity contribution < 1.29 is 18.0 Å². The Balaban J connectivity index is 1.59. The Morgan fingerprint density at radius 1 is 1.03 bits per heavy atom. The number of nitrogens with zero attached hydrogens (tertiary/aromatic N) is 4. The highest BCUT2D eigenvalue weighted by molar-refractivity contribution is 5.95. The molecule has 31 heavy (non-hydrogen) atoms. The first-order valence-corrected chi connectivity index (χ1v) is 9.54. The van der Waals surface area contributed by atoms with E-state index in [2.05, 4.69) is 15.0 Å². The van der Waals surface area contributed by atoms with Crippen LogP contribution in [-0.2, 0) is 6.18 Å². The first kappa shape index (κ1) is 20.7. The third kappa shape index (κ3) is 4.33. The minimum Gasteiger partial charge on any atom is -0.382 e. The van der Waals surface area contributed by atoms with E-state index in [1.807, 2.05) is 0 Å². The van der Waals surface area contributed by atoms with Gasteiger partial charge in [-0.1, -0.05) is 12.1 Å². The van der Waals surface area contributed by atoms with Gasteiger partial charge in [0.1, 0.15) is 17.2 Å². The number of alkyl halides is 3. The van der Waals surface area contributed by atoms with Crippen molar-refractivity contribution >= 4 is 11.7 Å². The van der Waals surface area contributed by atoms with Crippen molar-refractivity contribution in [1.29, 1.82) is 0 Å². The summed E-state index contributed by atoms with van der Waals surface area (Å²) in [6.07, 6.45) is -1.22. The van der Waals surface area contributed by atoms with Crippen molar-refractivity contribution in [3.05, 3.63) is 60.0 Å². The number of anilines is 1. The first-order chi connectivity index (χ1) is 14.7. The van der Waals surface area contributed by atoms with Crippen molar-refractivity contribution in [2.24, 2.45) is 5.73 Å². The topological polar surface area (TPSA) is 111 Å². The Labute approximate surface area is 175 Å². The van der Waals surface area contributed by atoms with Crippen molar-refractivity contribution in [2.45, 2.75) is 18.6 Å². The number of carbonyl (C=O) groups is 1. The minimum atomic E-state index is -4.53. The van der Waals surface area contributed by atoms with Crippen LogP contribution in [0.3, 0.4) is 0 Å². The molecule has 160 valence electrons. The Morgan fingerprint density at radius 3 is 2.32 bits per heavy atom. The number of aromatic nitrogens is 3. The van der Waals surface area contributed by atoms with E-state index in [1.54, 1.807) is 29.2 Å². The zero-order valence-electron chi connectivity index (χ0n) is 16.3. The smallest absolute Gasteiger partial charge is 0.382 e. The fourth-order valence-corrected chi connectivity index (χ4v) is 3.39. The minimum absolute atomic E-state index is 0.00591. The summed E-state index contributed by atoms with van der Waals surface area (Å²) in [5, 5.41) is 0. The van der Waals surface area contributed by atoms with Gasteiger partial charge in [0, 0.05) is 42.0 Å². The second-order valence-corrected chi connectivity index (χ2v) is 7.30. The summed E-state index contributed by atoms with van der Waals surface area (Å²) in [6, 6.07) is 8.98. The molecule has 1 atom stereocenters. The molecule has 1 aliphatic heterocycles. The van der Waals surface area contributed by atoms with E-state index in [0.717, 1.165) is 18.7 Å². The van der Waals surface area contributed by atoms with E-state index in [-0.39, 0.29) is 23.5 Å². The zero-order chi connectivity index (χ0) is 22.2. The van der Waals surface area contributed by atoms with Gasteiger partial charge in [0.2, 0.25) is 0 Å². The fourth-order valence-electron chi connectivity index (χ4n) is 3.39. The Hall–Kier alpha value is -3.53. The first-order valence-electron chi connectivity index (χ1n) is 9.54. The summed E-state index contributed by atoms with van der Waals surface area (Å²) >= 11 is 0. The zero-order valence-corrected chi connectivity index (χ0v) is 16.3. The molecule has 1 amide bonds. The molecule has 7 nitrogen and oxygen atoms in total. The number of halogens is 3. The number of nitrogen functional groups attached to an aromatic ring is 1. The molecule has 3 aromatic rings. The highest BCUT2D eigenvalue weighted by atomic mass is 19.4. The third-order valence-electron chi connectivity index (χ3n) is 5.07. The van der Waals surface area contributed by atoms with Gasteiger partial charge in [-0.15, -0.1) is 0 Å². The number of hydrogen-bond donors (Lipinski definition) is 2. The molecule has 1 fully saturated rings. The predicted molar refractivity (Wildman–Crippen MR) is 109 cm³/mol. The lowest BCUT2D eigenvalue weighted by Crippen LogP contribution is -2.31. The van der Waals surface area contributed by atoms with E-state index in [1.165, 1.54) is 12.3 Å². The Kier molecular flexibility index (Phi) is 5.32. The molecule has 0 spiro atoms. The van der Waals surface area contributed by atoms with Gasteiger partial charge in [0.05, 0.1) is 11.9 Å². The molecule has 1 saturated heterocycles. The molecule has 0 saturated carbocycles.